The topological polar surface area (TPSA) is 102 Å². The van der Waals surface area contributed by atoms with Crippen molar-refractivity contribution in [3.05, 3.63) is 95.7 Å². The summed E-state index contributed by atoms with van der Waals surface area (Å²) in [5, 5.41) is 13.8. The van der Waals surface area contributed by atoms with Crippen molar-refractivity contribution < 1.29 is 27.1 Å². The number of benzene rings is 3. The molecule has 2 amide bonds. The number of nitrogens with zero attached hydrogens (tertiary/aromatic N) is 3. The minimum absolute atomic E-state index is 0.136. The van der Waals surface area contributed by atoms with E-state index in [0.717, 1.165) is 48.3 Å². The fourth-order valence-electron chi connectivity index (χ4n) is 4.21. The number of nitrogens with one attached hydrogen (secondary N) is 3. The lowest BCUT2D eigenvalue weighted by atomic mass is 10.0. The first-order chi connectivity index (χ1) is 21.0. The van der Waals surface area contributed by atoms with Crippen LogP contribution in [0.3, 0.4) is 0 Å². The third-order valence-corrected chi connectivity index (χ3v) is 7.37. The van der Waals surface area contributed by atoms with E-state index in [2.05, 4.69) is 45.3 Å². The molecule has 0 aromatic heterocycles. The Morgan fingerprint density at radius 3 is 2.41 bits per heavy atom. The Labute approximate surface area is 256 Å². The van der Waals surface area contributed by atoms with Crippen molar-refractivity contribution in [2.45, 2.75) is 32.5 Å². The second kappa shape index (κ2) is 14.7. The minimum Gasteiger partial charge on any atom is -0.406 e. The Morgan fingerprint density at radius 1 is 1.05 bits per heavy atom. The van der Waals surface area contributed by atoms with Crippen LogP contribution < -0.4 is 20.3 Å². The predicted molar refractivity (Wildman–Crippen MR) is 169 cm³/mol. The fraction of sp³-hybridized carbons (Fsp3) is 0.226. The van der Waals surface area contributed by atoms with Gasteiger partial charge in [0.1, 0.15) is 11.6 Å². The van der Waals surface area contributed by atoms with Gasteiger partial charge < -0.3 is 20.3 Å². The molecule has 4 rings (SSSR count). The molecule has 1 saturated heterocycles. The number of carbonyl (C=O) groups is 1. The zero-order valence-corrected chi connectivity index (χ0v) is 24.7. The van der Waals surface area contributed by atoms with Crippen LogP contribution in [0.2, 0.25) is 0 Å². The third kappa shape index (κ3) is 9.17. The molecule has 8 nitrogen and oxygen atoms in total. The van der Waals surface area contributed by atoms with Gasteiger partial charge in [0, 0.05) is 41.0 Å². The molecule has 1 heterocycles. The molecule has 0 bridgehead atoms. The monoisotopic (exact) mass is 626 g/mol. The Hall–Kier alpha value is -4.65. The highest BCUT2D eigenvalue weighted by Gasteiger charge is 2.31. The fourth-order valence-corrected chi connectivity index (χ4v) is 5.16. The van der Waals surface area contributed by atoms with E-state index in [4.69, 9.17) is 5.41 Å². The van der Waals surface area contributed by atoms with Gasteiger partial charge in [-0.3, -0.25) is 5.41 Å². The number of aliphatic imine (C=N–C) groups is 2. The summed E-state index contributed by atoms with van der Waals surface area (Å²) in [5.41, 5.74) is 3.15. The van der Waals surface area contributed by atoms with Crippen LogP contribution in [0.1, 0.15) is 42.9 Å². The lowest BCUT2D eigenvalue weighted by Crippen LogP contribution is -2.36. The number of anilines is 2. The Bertz CT molecular complexity index is 1550. The highest BCUT2D eigenvalue weighted by molar-refractivity contribution is 8.14. The molecule has 230 valence electrons. The molecule has 3 aromatic carbocycles. The summed E-state index contributed by atoms with van der Waals surface area (Å²) in [5.74, 6) is -0.0761. The molecular formula is C31H30F4N6O2S. The van der Waals surface area contributed by atoms with Gasteiger partial charge in [0.15, 0.2) is 11.0 Å². The molecule has 1 aliphatic rings. The first-order valence-electron chi connectivity index (χ1n) is 13.6. The van der Waals surface area contributed by atoms with Crippen molar-refractivity contribution in [2.24, 2.45) is 9.98 Å². The lowest BCUT2D eigenvalue weighted by Gasteiger charge is -2.31. The van der Waals surface area contributed by atoms with Gasteiger partial charge in [0.2, 0.25) is 0 Å². The maximum absolute atomic E-state index is 14.8. The van der Waals surface area contributed by atoms with Crippen LogP contribution in [0.5, 0.6) is 5.75 Å². The first kappa shape index (κ1) is 32.3. The Balaban J connectivity index is 1.33. The van der Waals surface area contributed by atoms with E-state index in [1.165, 1.54) is 54.5 Å². The Kier molecular flexibility index (Phi) is 10.8. The maximum atomic E-state index is 14.8. The number of hydrogen-bond acceptors (Lipinski definition) is 4. The normalized spacial score (nSPS) is 15.1. The number of alkyl halides is 3. The number of thioether (sulfide) groups is 1. The van der Waals surface area contributed by atoms with E-state index in [0.29, 0.717) is 22.3 Å². The quantitative estimate of drug-likeness (QED) is 0.133. The third-order valence-electron chi connectivity index (χ3n) is 6.30. The molecule has 3 aromatic rings. The van der Waals surface area contributed by atoms with E-state index in [-0.39, 0.29) is 17.1 Å². The van der Waals surface area contributed by atoms with Crippen molar-refractivity contribution in [3.63, 3.8) is 0 Å². The largest absolute Gasteiger partial charge is 0.573 e. The summed E-state index contributed by atoms with van der Waals surface area (Å²) in [7, 11) is 0. The summed E-state index contributed by atoms with van der Waals surface area (Å²) >= 11 is 1.48. The van der Waals surface area contributed by atoms with Gasteiger partial charge in [0.25, 0.3) is 0 Å². The number of ether oxygens (including phenoxy) is 1. The standard InChI is InChI=1S/C31H30F4N6O2S/c1-20(2)25-6-3-4-7-27(25)41-16-5-17-44-30(41)40-29(42)37-18-26(32)21-8-10-22(11-9-21)28(36)39-19-38-23-12-14-24(15-13-23)43-31(33,34)35/h3-4,6-15,18-20H,5,16-17H2,1-2H3,(H,37,42)(H2,36,38,39)/b26-18-,40-30-. The van der Waals surface area contributed by atoms with E-state index in [9.17, 15) is 22.4 Å². The number of rotatable bonds is 8. The smallest absolute Gasteiger partial charge is 0.406 e. The molecule has 0 unspecified atom stereocenters. The number of amidine groups is 2. The van der Waals surface area contributed by atoms with Crippen LogP contribution >= 0.6 is 11.8 Å². The minimum atomic E-state index is -4.78. The molecule has 1 aliphatic heterocycles. The molecule has 44 heavy (non-hydrogen) atoms. The zero-order valence-electron chi connectivity index (χ0n) is 23.9. The highest BCUT2D eigenvalue weighted by atomic mass is 32.2. The first-order valence-corrected chi connectivity index (χ1v) is 14.6. The van der Waals surface area contributed by atoms with Gasteiger partial charge in [-0.15, -0.1) is 13.2 Å². The predicted octanol–water partition coefficient (Wildman–Crippen LogP) is 8.15. The molecule has 0 saturated carbocycles. The second-order valence-electron chi connectivity index (χ2n) is 9.80. The highest BCUT2D eigenvalue weighted by Crippen LogP contribution is 2.32. The number of amides is 2. The summed E-state index contributed by atoms with van der Waals surface area (Å²) in [4.78, 5) is 22.8. The van der Waals surface area contributed by atoms with Crippen LogP contribution in [0, 0.1) is 5.41 Å². The molecule has 0 spiro atoms. The lowest BCUT2D eigenvalue weighted by molar-refractivity contribution is -0.274. The average molecular weight is 627 g/mol. The number of carbonyl (C=O) groups excluding carboxylic acids is 1. The summed E-state index contributed by atoms with van der Waals surface area (Å²) in [6.45, 7) is 4.95. The van der Waals surface area contributed by atoms with E-state index >= 15 is 0 Å². The molecular weight excluding hydrogens is 596 g/mol. The number of urea groups is 1. The number of halogens is 4. The van der Waals surface area contributed by atoms with Gasteiger partial charge in [-0.05, 0) is 48.2 Å². The van der Waals surface area contributed by atoms with E-state index < -0.39 is 18.2 Å². The van der Waals surface area contributed by atoms with Crippen molar-refractivity contribution in [1.82, 2.24) is 5.32 Å². The maximum Gasteiger partial charge on any atom is 0.573 e. The molecule has 0 aliphatic carbocycles. The van der Waals surface area contributed by atoms with Gasteiger partial charge in [-0.2, -0.15) is 4.99 Å². The van der Waals surface area contributed by atoms with Crippen molar-refractivity contribution >= 4 is 52.3 Å². The SMILES string of the molecule is CC(C)c1ccccc1N1CCCS/C1=N\C(=O)N/C=C(\F)c1ccc(C(=N)/N=C\Nc2ccc(OC(F)(F)F)cc2)cc1. The van der Waals surface area contributed by atoms with Crippen molar-refractivity contribution in [2.75, 3.05) is 22.5 Å². The molecule has 1 fully saturated rings. The molecule has 13 heteroatoms. The van der Waals surface area contributed by atoms with Gasteiger partial charge >= 0.3 is 12.4 Å². The number of para-hydroxylation sites is 1. The van der Waals surface area contributed by atoms with Crippen LogP contribution in [-0.4, -0.2) is 42.0 Å². The Morgan fingerprint density at radius 2 is 1.73 bits per heavy atom. The molecule has 3 N–H and O–H groups in total. The van der Waals surface area contributed by atoms with Crippen LogP contribution in [0.15, 0.2) is 89.0 Å². The van der Waals surface area contributed by atoms with Gasteiger partial charge in [-0.25, -0.2) is 14.2 Å². The van der Waals surface area contributed by atoms with E-state index in [1.807, 2.05) is 23.1 Å². The van der Waals surface area contributed by atoms with E-state index in [1.54, 1.807) is 0 Å². The zero-order chi connectivity index (χ0) is 31.7. The van der Waals surface area contributed by atoms with Crippen LogP contribution in [0.4, 0.5) is 33.7 Å². The second-order valence-corrected chi connectivity index (χ2v) is 10.9. The van der Waals surface area contributed by atoms with Crippen LogP contribution in [-0.2, 0) is 0 Å². The van der Waals surface area contributed by atoms with Crippen LogP contribution in [0.25, 0.3) is 5.83 Å². The molecule has 0 radical (unpaired) electrons. The summed E-state index contributed by atoms with van der Waals surface area (Å²) < 4.78 is 55.5. The van der Waals surface area contributed by atoms with Gasteiger partial charge in [0.05, 0.1) is 6.34 Å². The summed E-state index contributed by atoms with van der Waals surface area (Å²) in [6, 6.07) is 18.2. The van der Waals surface area contributed by atoms with Gasteiger partial charge in [-0.1, -0.05) is 68.1 Å². The molecule has 0 atom stereocenters. The van der Waals surface area contributed by atoms with Crippen molar-refractivity contribution in [3.8, 4) is 5.75 Å². The summed E-state index contributed by atoms with van der Waals surface area (Å²) in [6.07, 6.45) is -1.68. The average Bonchev–Trinajstić information content (AvgIpc) is 3.00. The van der Waals surface area contributed by atoms with Crippen molar-refractivity contribution in [1.29, 1.82) is 5.41 Å². The number of hydrogen-bond donors (Lipinski definition) is 3.